The molecule has 5 amide bonds. The van der Waals surface area contributed by atoms with Crippen LogP contribution in [0.4, 0.5) is 26.3 Å². The molecular weight excluding hydrogens is 835 g/mol. The predicted molar refractivity (Wildman–Crippen MR) is 215 cm³/mol. The van der Waals surface area contributed by atoms with Crippen molar-refractivity contribution in [2.24, 2.45) is 11.1 Å². The number of alkyl halides is 4. The fourth-order valence-corrected chi connectivity index (χ4v) is 6.89. The third-order valence-electron chi connectivity index (χ3n) is 8.95. The van der Waals surface area contributed by atoms with E-state index in [4.69, 9.17) is 15.6 Å². The number of carbonyl (C=O) groups excluding carboxylic acids is 5. The number of hydrogen-bond acceptors (Lipinski definition) is 8. The van der Waals surface area contributed by atoms with Crippen molar-refractivity contribution < 1.29 is 60.2 Å². The van der Waals surface area contributed by atoms with Crippen molar-refractivity contribution in [3.63, 3.8) is 0 Å². The number of thioether (sulfide) groups is 1. The molecular formula is C41H48F6N6O7S. The zero-order valence-electron chi connectivity index (χ0n) is 33.6. The van der Waals surface area contributed by atoms with Gasteiger partial charge in [-0.1, -0.05) is 51.1 Å². The van der Waals surface area contributed by atoms with E-state index in [1.165, 1.54) is 11.8 Å². The molecule has 0 spiro atoms. The van der Waals surface area contributed by atoms with E-state index in [9.17, 15) is 45.9 Å². The van der Waals surface area contributed by atoms with Crippen LogP contribution in [0.5, 0.6) is 0 Å². The molecule has 61 heavy (non-hydrogen) atoms. The summed E-state index contributed by atoms with van der Waals surface area (Å²) < 4.78 is 76.6. The van der Waals surface area contributed by atoms with Gasteiger partial charge in [0.2, 0.25) is 17.7 Å². The molecule has 3 aromatic rings. The first-order chi connectivity index (χ1) is 28.6. The maximum Gasteiger partial charge on any atom is 0.490 e. The van der Waals surface area contributed by atoms with E-state index in [1.54, 1.807) is 17.2 Å². The van der Waals surface area contributed by atoms with Gasteiger partial charge >= 0.3 is 12.1 Å². The van der Waals surface area contributed by atoms with Gasteiger partial charge in [-0.3, -0.25) is 28.9 Å². The van der Waals surface area contributed by atoms with Crippen LogP contribution in [0.15, 0.2) is 72.9 Å². The lowest BCUT2D eigenvalue weighted by Gasteiger charge is -2.41. The summed E-state index contributed by atoms with van der Waals surface area (Å²) in [4.78, 5) is 73.2. The smallest absolute Gasteiger partial charge is 0.475 e. The second-order valence-electron chi connectivity index (χ2n) is 14.9. The van der Waals surface area contributed by atoms with Gasteiger partial charge in [0.15, 0.2) is 0 Å². The van der Waals surface area contributed by atoms with Crippen LogP contribution < -0.4 is 16.4 Å². The second-order valence-corrected chi connectivity index (χ2v) is 16.0. The topological polar surface area (TPSA) is 184 Å². The predicted octanol–water partition coefficient (Wildman–Crippen LogP) is 5.00. The molecule has 5 N–H and O–H groups in total. The fraction of sp³-hybridized carbons (Fsp3) is 0.415. The molecule has 0 aliphatic carbocycles. The standard InChI is InChI=1S/C39H47F3N6O5S.C2HF3O2/c1-39(2,3)38(32-19-27(30-20-28(41)9-10-31(30)42)23-46(32)22-26-7-5-4-6-8-26)47(17-13-29(43)21-40)37(53)25-54-18-14-33(49)44-15-16-45-34(50)24-48-35(51)11-12-36(48)52;3-2(4,5)1(6)7/h4-12,19-20,23,29,38H,13-18,21-22,24-25,43H2,1-3H3,(H,44,49)(H,45,50);(H,6,7)/t29?,38-;/m0./s1. The Balaban J connectivity index is 0.00000130. The Hall–Kier alpha value is -5.63. The van der Waals surface area contributed by atoms with Gasteiger partial charge in [0.05, 0.1) is 11.8 Å². The van der Waals surface area contributed by atoms with E-state index in [2.05, 4.69) is 10.6 Å². The van der Waals surface area contributed by atoms with Crippen LogP contribution in [-0.2, 0) is 35.3 Å². The molecule has 0 bridgehead atoms. The highest BCUT2D eigenvalue weighted by Crippen LogP contribution is 2.41. The molecule has 0 saturated carbocycles. The minimum Gasteiger partial charge on any atom is -0.475 e. The molecule has 2 atom stereocenters. The van der Waals surface area contributed by atoms with Crippen molar-refractivity contribution in [3.8, 4) is 11.1 Å². The molecule has 1 aliphatic rings. The Labute approximate surface area is 352 Å². The number of amides is 5. The number of carbonyl (C=O) groups is 6. The Kier molecular flexibility index (Phi) is 18.6. The molecule has 0 radical (unpaired) electrons. The van der Waals surface area contributed by atoms with E-state index in [-0.39, 0.29) is 55.6 Å². The van der Waals surface area contributed by atoms with Gasteiger partial charge in [-0.25, -0.2) is 18.0 Å². The third-order valence-corrected chi connectivity index (χ3v) is 9.89. The minimum absolute atomic E-state index is 0.00829. The van der Waals surface area contributed by atoms with E-state index in [0.29, 0.717) is 23.6 Å². The molecule has 0 fully saturated rings. The number of hydrogen-bond donors (Lipinski definition) is 4. The number of carboxylic acid groups (broad SMARTS) is 1. The highest BCUT2D eigenvalue weighted by Gasteiger charge is 2.39. The average Bonchev–Trinajstić information content (AvgIpc) is 3.74. The summed E-state index contributed by atoms with van der Waals surface area (Å²) in [6.07, 6.45) is -0.883. The van der Waals surface area contributed by atoms with Crippen molar-refractivity contribution in [1.82, 2.24) is 25.0 Å². The maximum atomic E-state index is 15.1. The largest absolute Gasteiger partial charge is 0.490 e. The van der Waals surface area contributed by atoms with Crippen LogP contribution in [0, 0.1) is 17.0 Å². The number of rotatable bonds is 19. The van der Waals surface area contributed by atoms with Gasteiger partial charge in [-0.15, -0.1) is 0 Å². The summed E-state index contributed by atoms with van der Waals surface area (Å²) in [5, 5.41) is 12.4. The molecule has 2 heterocycles. The molecule has 20 heteroatoms. The Bertz CT molecular complexity index is 2020. The molecule has 4 rings (SSSR count). The molecule has 332 valence electrons. The van der Waals surface area contributed by atoms with Crippen LogP contribution in [0.2, 0.25) is 0 Å². The SMILES string of the molecule is CC(C)(C)[C@H](c1cc(-c2cc(F)ccc2F)cn1Cc1ccccc1)N(CCC(N)CF)C(=O)CSCCC(=O)NCCNC(=O)CN1C(=O)C=CC1=O.O=C(O)C(F)(F)F. The van der Waals surface area contributed by atoms with Crippen molar-refractivity contribution in [2.45, 2.75) is 58.4 Å². The highest BCUT2D eigenvalue weighted by atomic mass is 32.2. The Morgan fingerprint density at radius 1 is 0.918 bits per heavy atom. The van der Waals surface area contributed by atoms with Crippen LogP contribution in [0.1, 0.15) is 50.9 Å². The number of nitrogens with two attached hydrogens (primary N) is 1. The molecule has 1 aromatic heterocycles. The third kappa shape index (κ3) is 15.7. The molecule has 1 unspecified atom stereocenters. The van der Waals surface area contributed by atoms with E-state index < -0.39 is 72.2 Å². The monoisotopic (exact) mass is 882 g/mol. The molecule has 0 saturated heterocycles. The van der Waals surface area contributed by atoms with Crippen LogP contribution in [0.25, 0.3) is 11.1 Å². The lowest BCUT2D eigenvalue weighted by molar-refractivity contribution is -0.192. The number of halogens is 6. The zero-order chi connectivity index (χ0) is 45.5. The summed E-state index contributed by atoms with van der Waals surface area (Å²) >= 11 is 1.26. The van der Waals surface area contributed by atoms with Crippen LogP contribution in [0.3, 0.4) is 0 Å². The number of aliphatic carboxylic acids is 1. The normalized spacial score (nSPS) is 13.6. The second kappa shape index (κ2) is 22.8. The molecule has 2 aromatic carbocycles. The summed E-state index contributed by atoms with van der Waals surface area (Å²) in [5.41, 5.74) is 7.55. The Morgan fingerprint density at radius 3 is 2.10 bits per heavy atom. The Morgan fingerprint density at radius 2 is 1.52 bits per heavy atom. The van der Waals surface area contributed by atoms with Crippen LogP contribution >= 0.6 is 11.8 Å². The summed E-state index contributed by atoms with van der Waals surface area (Å²) in [5.74, 6) is -5.85. The number of nitrogens with one attached hydrogen (secondary N) is 2. The van der Waals surface area contributed by atoms with Gasteiger partial charge in [-0.05, 0) is 41.7 Å². The summed E-state index contributed by atoms with van der Waals surface area (Å²) in [6.45, 7) is 5.45. The minimum atomic E-state index is -5.08. The summed E-state index contributed by atoms with van der Waals surface area (Å²) in [6, 6.07) is 13.2. The van der Waals surface area contributed by atoms with Crippen molar-refractivity contribution in [2.75, 3.05) is 44.4 Å². The van der Waals surface area contributed by atoms with Gasteiger partial charge in [-0.2, -0.15) is 24.9 Å². The van der Waals surface area contributed by atoms with Crippen molar-refractivity contribution in [3.05, 3.63) is 95.8 Å². The van der Waals surface area contributed by atoms with Crippen LogP contribution in [-0.4, -0.2) is 112 Å². The number of nitrogens with zero attached hydrogens (tertiary/aromatic N) is 3. The lowest BCUT2D eigenvalue weighted by atomic mass is 9.82. The van der Waals surface area contributed by atoms with E-state index in [0.717, 1.165) is 40.8 Å². The number of imide groups is 1. The van der Waals surface area contributed by atoms with Gasteiger partial charge in [0, 0.05) is 79.6 Å². The number of carboxylic acids is 1. The van der Waals surface area contributed by atoms with Gasteiger partial charge in [0.1, 0.15) is 24.9 Å². The average molecular weight is 883 g/mol. The van der Waals surface area contributed by atoms with Gasteiger partial charge in [0.25, 0.3) is 11.8 Å². The number of aromatic nitrogens is 1. The quantitative estimate of drug-likeness (QED) is 0.0732. The van der Waals surface area contributed by atoms with E-state index in [1.807, 2.05) is 55.7 Å². The number of benzene rings is 2. The maximum absolute atomic E-state index is 15.1. The zero-order valence-corrected chi connectivity index (χ0v) is 34.5. The van der Waals surface area contributed by atoms with Crippen molar-refractivity contribution in [1.29, 1.82) is 0 Å². The highest BCUT2D eigenvalue weighted by molar-refractivity contribution is 7.99. The lowest BCUT2D eigenvalue weighted by Crippen LogP contribution is -2.45. The fourth-order valence-electron chi connectivity index (χ4n) is 6.08. The van der Waals surface area contributed by atoms with E-state index >= 15 is 4.39 Å². The first-order valence-electron chi connectivity index (χ1n) is 18.9. The molecule has 13 nitrogen and oxygen atoms in total. The molecule has 1 aliphatic heterocycles. The summed E-state index contributed by atoms with van der Waals surface area (Å²) in [7, 11) is 0. The first-order valence-corrected chi connectivity index (χ1v) is 20.0. The van der Waals surface area contributed by atoms with Gasteiger partial charge < -0.3 is 30.9 Å². The first kappa shape index (κ1) is 49.7. The van der Waals surface area contributed by atoms with Crippen molar-refractivity contribution >= 4 is 47.3 Å².